The van der Waals surface area contributed by atoms with E-state index < -0.39 is 11.8 Å². The molecule has 3 heteroatoms. The quantitative estimate of drug-likeness (QED) is 0.585. The number of benzene rings is 2. The van der Waals surface area contributed by atoms with Gasteiger partial charge in [-0.15, -0.1) is 0 Å². The molecule has 2 aromatic rings. The van der Waals surface area contributed by atoms with Gasteiger partial charge in [0, 0.05) is 26.2 Å². The van der Waals surface area contributed by atoms with Crippen LogP contribution in [0.25, 0.3) is 0 Å². The minimum Gasteiger partial charge on any atom is -0.373 e. The number of hydrogen-bond acceptors (Lipinski definition) is 2. The topological polar surface area (TPSA) is 12.5 Å². The summed E-state index contributed by atoms with van der Waals surface area (Å²) in [4.78, 5) is 2.16. The van der Waals surface area contributed by atoms with E-state index in [1.165, 1.54) is 11.1 Å². The molecule has 0 fully saturated rings. The van der Waals surface area contributed by atoms with Crippen LogP contribution < -0.4 is 0 Å². The molecule has 25 heavy (non-hydrogen) atoms. The molecular formula is C22H30FNO. The maximum absolute atomic E-state index is 15.0. The largest absolute Gasteiger partial charge is 0.373 e. The van der Waals surface area contributed by atoms with Crippen LogP contribution in [0.3, 0.4) is 0 Å². The molecule has 0 heterocycles. The smallest absolute Gasteiger partial charge is 0.141 e. The van der Waals surface area contributed by atoms with Crippen molar-refractivity contribution >= 4 is 0 Å². The molecule has 0 N–H and O–H groups in total. The Balaban J connectivity index is 2.07. The van der Waals surface area contributed by atoms with Gasteiger partial charge in [0.25, 0.3) is 0 Å². The van der Waals surface area contributed by atoms with Crippen LogP contribution in [0.2, 0.25) is 0 Å². The van der Waals surface area contributed by atoms with Gasteiger partial charge in [-0.2, -0.15) is 0 Å². The van der Waals surface area contributed by atoms with E-state index in [1.54, 1.807) is 0 Å². The third-order valence-electron chi connectivity index (χ3n) is 4.35. The van der Waals surface area contributed by atoms with Gasteiger partial charge in [-0.1, -0.05) is 67.6 Å². The van der Waals surface area contributed by atoms with E-state index in [-0.39, 0.29) is 0 Å². The number of rotatable bonds is 10. The summed E-state index contributed by atoms with van der Waals surface area (Å²) in [5, 5.41) is 0. The number of halogens is 1. The van der Waals surface area contributed by atoms with Gasteiger partial charge < -0.3 is 4.74 Å². The van der Waals surface area contributed by atoms with E-state index in [0.717, 1.165) is 19.5 Å². The fourth-order valence-corrected chi connectivity index (χ4v) is 2.77. The van der Waals surface area contributed by atoms with Gasteiger partial charge in [0.2, 0.25) is 0 Å². The van der Waals surface area contributed by atoms with E-state index in [4.69, 9.17) is 4.74 Å². The fourth-order valence-electron chi connectivity index (χ4n) is 2.77. The SMILES string of the molecule is CCCOC(C)(C)C(F)CN(Cc1ccccc1)Cc1ccccc1. The van der Waals surface area contributed by atoms with Crippen LogP contribution in [0, 0.1) is 0 Å². The Labute approximate surface area is 151 Å². The highest BCUT2D eigenvalue weighted by atomic mass is 19.1. The summed E-state index contributed by atoms with van der Waals surface area (Å²) in [5.74, 6) is 0. The Morgan fingerprint density at radius 3 is 1.84 bits per heavy atom. The third kappa shape index (κ3) is 6.60. The Kier molecular flexibility index (Phi) is 7.60. The van der Waals surface area contributed by atoms with E-state index in [9.17, 15) is 4.39 Å². The number of ether oxygens (including phenoxy) is 1. The molecule has 0 aliphatic rings. The summed E-state index contributed by atoms with van der Waals surface area (Å²) in [5.41, 5.74) is 1.61. The van der Waals surface area contributed by atoms with Crippen molar-refractivity contribution in [2.24, 2.45) is 0 Å². The normalized spacial score (nSPS) is 13.2. The molecule has 0 radical (unpaired) electrons. The highest BCUT2D eigenvalue weighted by Crippen LogP contribution is 2.21. The second kappa shape index (κ2) is 9.69. The lowest BCUT2D eigenvalue weighted by atomic mass is 10.0. The molecule has 1 atom stereocenters. The van der Waals surface area contributed by atoms with Crippen molar-refractivity contribution < 1.29 is 9.13 Å². The van der Waals surface area contributed by atoms with Gasteiger partial charge in [0.1, 0.15) is 6.17 Å². The molecule has 0 aliphatic carbocycles. The van der Waals surface area contributed by atoms with Crippen LogP contribution in [0.5, 0.6) is 0 Å². The first-order chi connectivity index (χ1) is 12.0. The molecule has 2 aromatic carbocycles. The molecule has 0 amide bonds. The van der Waals surface area contributed by atoms with Crippen LogP contribution in [0.1, 0.15) is 38.3 Å². The van der Waals surface area contributed by atoms with Gasteiger partial charge in [-0.3, -0.25) is 4.90 Å². The number of nitrogens with zero attached hydrogens (tertiary/aromatic N) is 1. The third-order valence-corrected chi connectivity index (χ3v) is 4.35. The lowest BCUT2D eigenvalue weighted by molar-refractivity contribution is -0.0799. The van der Waals surface area contributed by atoms with Crippen molar-refractivity contribution in [2.45, 2.75) is 52.1 Å². The van der Waals surface area contributed by atoms with Crippen molar-refractivity contribution in [2.75, 3.05) is 13.2 Å². The van der Waals surface area contributed by atoms with Crippen LogP contribution in [-0.4, -0.2) is 29.8 Å². The van der Waals surface area contributed by atoms with Crippen molar-refractivity contribution in [3.8, 4) is 0 Å². The second-order valence-corrected chi connectivity index (χ2v) is 7.06. The molecule has 0 saturated heterocycles. The van der Waals surface area contributed by atoms with Gasteiger partial charge >= 0.3 is 0 Å². The average Bonchev–Trinajstić information content (AvgIpc) is 2.61. The van der Waals surface area contributed by atoms with Gasteiger partial charge in [-0.25, -0.2) is 4.39 Å². The molecule has 2 nitrogen and oxygen atoms in total. The second-order valence-electron chi connectivity index (χ2n) is 7.06. The molecule has 0 aromatic heterocycles. The fraction of sp³-hybridized carbons (Fsp3) is 0.455. The molecule has 0 aliphatic heterocycles. The Morgan fingerprint density at radius 2 is 1.40 bits per heavy atom. The zero-order chi connectivity index (χ0) is 18.1. The maximum atomic E-state index is 15.0. The monoisotopic (exact) mass is 343 g/mol. The van der Waals surface area contributed by atoms with Crippen molar-refractivity contribution in [3.63, 3.8) is 0 Å². The predicted octanol–water partition coefficient (Wildman–Crippen LogP) is 5.23. The zero-order valence-electron chi connectivity index (χ0n) is 15.6. The first kappa shape index (κ1) is 19.6. The lowest BCUT2D eigenvalue weighted by Crippen LogP contribution is -2.44. The Hall–Kier alpha value is -1.71. The minimum absolute atomic E-state index is 0.348. The molecule has 1 unspecified atom stereocenters. The average molecular weight is 343 g/mol. The summed E-state index contributed by atoms with van der Waals surface area (Å²) in [6.45, 7) is 8.11. The van der Waals surface area contributed by atoms with E-state index in [2.05, 4.69) is 29.2 Å². The van der Waals surface area contributed by atoms with Crippen molar-refractivity contribution in [1.29, 1.82) is 0 Å². The van der Waals surface area contributed by atoms with E-state index >= 15 is 0 Å². The molecule has 0 saturated carbocycles. The number of alkyl halides is 1. The molecule has 0 spiro atoms. The molecule has 2 rings (SSSR count). The van der Waals surface area contributed by atoms with Crippen LogP contribution in [0.15, 0.2) is 60.7 Å². The summed E-state index contributed by atoms with van der Waals surface area (Å²) in [6.07, 6.45) is -0.153. The van der Waals surface area contributed by atoms with Crippen LogP contribution in [-0.2, 0) is 17.8 Å². The van der Waals surface area contributed by atoms with E-state index in [1.807, 2.05) is 57.2 Å². The highest BCUT2D eigenvalue weighted by molar-refractivity contribution is 5.17. The highest BCUT2D eigenvalue weighted by Gasteiger charge is 2.32. The number of hydrogen-bond donors (Lipinski definition) is 0. The first-order valence-electron chi connectivity index (χ1n) is 9.09. The van der Waals surface area contributed by atoms with Crippen molar-refractivity contribution in [3.05, 3.63) is 71.8 Å². The maximum Gasteiger partial charge on any atom is 0.141 e. The predicted molar refractivity (Wildman–Crippen MR) is 102 cm³/mol. The molecule has 136 valence electrons. The van der Waals surface area contributed by atoms with Crippen molar-refractivity contribution in [1.82, 2.24) is 4.90 Å². The first-order valence-corrected chi connectivity index (χ1v) is 9.09. The van der Waals surface area contributed by atoms with Gasteiger partial charge in [0.05, 0.1) is 5.60 Å². The Morgan fingerprint density at radius 1 is 0.920 bits per heavy atom. The zero-order valence-corrected chi connectivity index (χ0v) is 15.6. The summed E-state index contributed by atoms with van der Waals surface area (Å²) in [6, 6.07) is 20.5. The standard InChI is InChI=1S/C22H30FNO/c1-4-15-25-22(2,3)21(23)18-24(16-19-11-7-5-8-12-19)17-20-13-9-6-10-14-20/h5-14,21H,4,15-18H2,1-3H3. The molecule has 0 bridgehead atoms. The lowest BCUT2D eigenvalue weighted by Gasteiger charge is -2.33. The Bertz CT molecular complexity index is 558. The van der Waals surface area contributed by atoms with Gasteiger partial charge in [0.15, 0.2) is 0 Å². The minimum atomic E-state index is -1.05. The van der Waals surface area contributed by atoms with Crippen LogP contribution >= 0.6 is 0 Å². The summed E-state index contributed by atoms with van der Waals surface area (Å²) < 4.78 is 20.7. The van der Waals surface area contributed by atoms with Crippen LogP contribution in [0.4, 0.5) is 4.39 Å². The summed E-state index contributed by atoms with van der Waals surface area (Å²) >= 11 is 0. The van der Waals surface area contributed by atoms with Gasteiger partial charge in [-0.05, 0) is 31.4 Å². The summed E-state index contributed by atoms with van der Waals surface area (Å²) in [7, 11) is 0. The molecular weight excluding hydrogens is 313 g/mol. The van der Waals surface area contributed by atoms with E-state index in [0.29, 0.717) is 13.2 Å².